The van der Waals surface area contributed by atoms with Gasteiger partial charge in [-0.25, -0.2) is 14.5 Å². The predicted octanol–water partition coefficient (Wildman–Crippen LogP) is 1.27. The van der Waals surface area contributed by atoms with Crippen molar-refractivity contribution in [1.29, 1.82) is 5.26 Å². The molecular weight excluding hydrogens is 398 g/mol. The Hall–Kier alpha value is -4.21. The van der Waals surface area contributed by atoms with Crippen LogP contribution in [0.5, 0.6) is 0 Å². The van der Waals surface area contributed by atoms with Crippen LogP contribution in [-0.2, 0) is 9.53 Å². The first-order valence-electron chi connectivity index (χ1n) is 9.29. The van der Waals surface area contributed by atoms with Crippen LogP contribution < -0.4 is 0 Å². The number of hydrogen-bond donors (Lipinski definition) is 1. The van der Waals surface area contributed by atoms with Crippen molar-refractivity contribution in [3.8, 4) is 23.6 Å². The number of hydrogen-bond acceptors (Lipinski definition) is 7. The van der Waals surface area contributed by atoms with Gasteiger partial charge in [-0.05, 0) is 30.3 Å². The third-order valence-electron chi connectivity index (χ3n) is 4.43. The Balaban J connectivity index is 2.01. The van der Waals surface area contributed by atoms with Gasteiger partial charge in [0.15, 0.2) is 11.3 Å². The van der Waals surface area contributed by atoms with Gasteiger partial charge in [0, 0.05) is 31.8 Å². The normalized spacial score (nSPS) is 11.2. The highest BCUT2D eigenvalue weighted by Gasteiger charge is 2.19. The predicted molar refractivity (Wildman–Crippen MR) is 111 cm³/mol. The molecule has 31 heavy (non-hydrogen) atoms. The number of pyridine rings is 1. The fourth-order valence-corrected chi connectivity index (χ4v) is 2.87. The monoisotopic (exact) mass is 417 g/mol. The summed E-state index contributed by atoms with van der Waals surface area (Å²) in [5, 5.41) is 24.3. The Morgan fingerprint density at radius 2 is 2.16 bits per heavy atom. The lowest BCUT2D eigenvalue weighted by Crippen LogP contribution is -2.21. The first-order valence-corrected chi connectivity index (χ1v) is 9.29. The molecule has 1 N–H and O–H groups in total. The second kappa shape index (κ2) is 9.53. The minimum atomic E-state index is -0.935. The number of aromatic nitrogens is 3. The van der Waals surface area contributed by atoms with Crippen LogP contribution in [-0.4, -0.2) is 64.0 Å². The molecule has 0 spiro atoms. The van der Waals surface area contributed by atoms with Crippen molar-refractivity contribution < 1.29 is 19.4 Å². The number of rotatable bonds is 6. The molecule has 3 aromatic rings. The Morgan fingerprint density at radius 1 is 1.39 bits per heavy atom. The van der Waals surface area contributed by atoms with E-state index in [1.807, 2.05) is 0 Å². The van der Waals surface area contributed by atoms with Gasteiger partial charge in [-0.2, -0.15) is 10.4 Å². The van der Waals surface area contributed by atoms with Crippen LogP contribution in [0.3, 0.4) is 0 Å². The lowest BCUT2D eigenvalue weighted by molar-refractivity contribution is -0.117. The average Bonchev–Trinajstić information content (AvgIpc) is 3.20. The Bertz CT molecular complexity index is 1230. The number of amides is 1. The minimum absolute atomic E-state index is 0.107. The molecule has 0 aliphatic rings. The van der Waals surface area contributed by atoms with Gasteiger partial charge in [0.25, 0.3) is 0 Å². The van der Waals surface area contributed by atoms with Gasteiger partial charge in [0.05, 0.1) is 29.8 Å². The van der Waals surface area contributed by atoms with Crippen LogP contribution in [0.25, 0.3) is 16.7 Å². The molecule has 1 amide bonds. The highest BCUT2D eigenvalue weighted by Crippen LogP contribution is 2.22. The lowest BCUT2D eigenvalue weighted by atomic mass is 10.1. The van der Waals surface area contributed by atoms with Crippen molar-refractivity contribution in [3.05, 3.63) is 53.3 Å². The topological polar surface area (TPSA) is 121 Å². The lowest BCUT2D eigenvalue weighted by Gasteiger charge is -2.10. The molecule has 3 rings (SSSR count). The highest BCUT2D eigenvalue weighted by molar-refractivity contribution is 6.01. The van der Waals surface area contributed by atoms with Crippen LogP contribution in [0.2, 0.25) is 0 Å². The highest BCUT2D eigenvalue weighted by atomic mass is 16.5. The SMILES string of the molecule is COC(=O)c1nn(-c2cc(C#N)cc(C#CC(O)CCN(C)C=O)c2)c2ncccc12. The maximum absolute atomic E-state index is 12.1. The van der Waals surface area contributed by atoms with Crippen LogP contribution in [0.15, 0.2) is 36.5 Å². The molecule has 0 saturated carbocycles. The second-order valence-electron chi connectivity index (χ2n) is 6.67. The van der Waals surface area contributed by atoms with E-state index in [1.165, 1.54) is 16.7 Å². The van der Waals surface area contributed by atoms with Crippen LogP contribution in [0.4, 0.5) is 0 Å². The number of esters is 1. The van der Waals surface area contributed by atoms with Crippen molar-refractivity contribution in [1.82, 2.24) is 19.7 Å². The van der Waals surface area contributed by atoms with Crippen molar-refractivity contribution in [3.63, 3.8) is 0 Å². The zero-order chi connectivity index (χ0) is 22.4. The summed E-state index contributed by atoms with van der Waals surface area (Å²) in [4.78, 5) is 28.5. The van der Waals surface area contributed by atoms with Crippen molar-refractivity contribution >= 4 is 23.4 Å². The number of carbonyl (C=O) groups excluding carboxylic acids is 2. The summed E-state index contributed by atoms with van der Waals surface area (Å²) in [5.41, 5.74) is 1.83. The zero-order valence-electron chi connectivity index (χ0n) is 16.9. The summed E-state index contributed by atoms with van der Waals surface area (Å²) in [6, 6.07) is 10.3. The summed E-state index contributed by atoms with van der Waals surface area (Å²) in [7, 11) is 2.88. The van der Waals surface area contributed by atoms with Crippen LogP contribution in [0.1, 0.15) is 28.0 Å². The summed E-state index contributed by atoms with van der Waals surface area (Å²) < 4.78 is 6.25. The molecule has 9 nitrogen and oxygen atoms in total. The van der Waals surface area contributed by atoms with Gasteiger partial charge in [-0.1, -0.05) is 11.8 Å². The third-order valence-corrected chi connectivity index (χ3v) is 4.43. The van der Waals surface area contributed by atoms with E-state index in [0.29, 0.717) is 47.2 Å². The molecule has 2 heterocycles. The molecule has 9 heteroatoms. The van der Waals surface area contributed by atoms with E-state index in [4.69, 9.17) is 4.74 Å². The third kappa shape index (κ3) is 4.86. The molecule has 156 valence electrons. The van der Waals surface area contributed by atoms with Gasteiger partial charge < -0.3 is 14.7 Å². The van der Waals surface area contributed by atoms with E-state index in [9.17, 15) is 20.0 Å². The number of fused-ring (bicyclic) bond motifs is 1. The summed E-state index contributed by atoms with van der Waals surface area (Å²) in [6.07, 6.45) is 1.61. The molecule has 0 aliphatic heterocycles. The fourth-order valence-electron chi connectivity index (χ4n) is 2.87. The zero-order valence-corrected chi connectivity index (χ0v) is 16.9. The summed E-state index contributed by atoms with van der Waals surface area (Å²) in [6.45, 7) is 0.365. The fraction of sp³-hybridized carbons (Fsp3) is 0.227. The Morgan fingerprint density at radius 3 is 2.87 bits per heavy atom. The first-order chi connectivity index (χ1) is 15.0. The van der Waals surface area contributed by atoms with E-state index < -0.39 is 12.1 Å². The number of ether oxygens (including phenoxy) is 1. The first kappa shape index (κ1) is 21.5. The Labute approximate surface area is 178 Å². The molecule has 0 fully saturated rings. The number of carbonyl (C=O) groups is 2. The molecule has 1 atom stereocenters. The maximum atomic E-state index is 12.1. The van der Waals surface area contributed by atoms with Crippen LogP contribution >= 0.6 is 0 Å². The number of benzene rings is 1. The molecule has 0 saturated heterocycles. The standard InChI is InChI=1S/C22H19N5O4/c1-26(14-28)9-7-18(29)6-5-15-10-16(13-23)12-17(11-15)27-21-19(4-3-8-24-21)20(25-27)22(30)31-2/h3-4,8,10-12,14,18,29H,7,9H2,1-2H3. The van der Waals surface area contributed by atoms with E-state index in [1.54, 1.807) is 43.6 Å². The van der Waals surface area contributed by atoms with Crippen LogP contribution in [0, 0.1) is 23.2 Å². The van der Waals surface area contributed by atoms with Crippen molar-refractivity contribution in [2.45, 2.75) is 12.5 Å². The van der Waals surface area contributed by atoms with Gasteiger partial charge in [0.1, 0.15) is 6.10 Å². The molecule has 0 radical (unpaired) electrons. The molecule has 0 bridgehead atoms. The summed E-state index contributed by atoms with van der Waals surface area (Å²) >= 11 is 0. The average molecular weight is 417 g/mol. The molecular formula is C22H19N5O4. The van der Waals surface area contributed by atoms with E-state index in [-0.39, 0.29) is 5.69 Å². The number of methoxy groups -OCH3 is 1. The van der Waals surface area contributed by atoms with E-state index in [0.717, 1.165) is 0 Å². The largest absolute Gasteiger partial charge is 0.464 e. The Kier molecular flexibility index (Phi) is 6.61. The quantitative estimate of drug-likeness (QED) is 0.364. The van der Waals surface area contributed by atoms with Crippen molar-refractivity contribution in [2.24, 2.45) is 0 Å². The number of aliphatic hydroxyl groups is 1. The van der Waals surface area contributed by atoms with Gasteiger partial charge in [-0.15, -0.1) is 0 Å². The van der Waals surface area contributed by atoms with Gasteiger partial charge in [-0.3, -0.25) is 4.79 Å². The van der Waals surface area contributed by atoms with E-state index in [2.05, 4.69) is 28.0 Å². The number of nitrogens with zero attached hydrogens (tertiary/aromatic N) is 5. The molecule has 1 aromatic carbocycles. The molecule has 1 unspecified atom stereocenters. The number of aliphatic hydroxyl groups excluding tert-OH is 1. The van der Waals surface area contributed by atoms with Gasteiger partial charge in [0.2, 0.25) is 6.41 Å². The smallest absolute Gasteiger partial charge is 0.359 e. The maximum Gasteiger partial charge on any atom is 0.359 e. The second-order valence-corrected chi connectivity index (χ2v) is 6.67. The van der Waals surface area contributed by atoms with Gasteiger partial charge >= 0.3 is 5.97 Å². The van der Waals surface area contributed by atoms with E-state index >= 15 is 0 Å². The summed E-state index contributed by atoms with van der Waals surface area (Å²) in [5.74, 6) is 4.96. The minimum Gasteiger partial charge on any atom is -0.464 e. The molecule has 0 aliphatic carbocycles. The van der Waals surface area contributed by atoms with Crippen molar-refractivity contribution in [2.75, 3.05) is 20.7 Å². The number of nitriles is 1. The molecule has 2 aromatic heterocycles.